The number of carbonyl (C=O) groups excluding carboxylic acids is 1. The molecule has 1 fully saturated rings. The van der Waals surface area contributed by atoms with Crippen molar-refractivity contribution in [1.82, 2.24) is 10.6 Å². The van der Waals surface area contributed by atoms with E-state index in [1.807, 2.05) is 12.4 Å². The molecule has 1 aliphatic carbocycles. The van der Waals surface area contributed by atoms with E-state index in [-0.39, 0.29) is 11.4 Å². The highest BCUT2D eigenvalue weighted by molar-refractivity contribution is 7.10. The summed E-state index contributed by atoms with van der Waals surface area (Å²) < 4.78 is 0. The Balaban J connectivity index is 2.00. The van der Waals surface area contributed by atoms with E-state index in [4.69, 9.17) is 0 Å². The van der Waals surface area contributed by atoms with Gasteiger partial charge in [0, 0.05) is 16.8 Å². The minimum Gasteiger partial charge on any atom is -0.479 e. The van der Waals surface area contributed by atoms with E-state index >= 15 is 0 Å². The first-order valence-corrected chi connectivity index (χ1v) is 8.19. The predicted octanol–water partition coefficient (Wildman–Crippen LogP) is 2.30. The van der Waals surface area contributed by atoms with Gasteiger partial charge in [0.2, 0.25) is 5.91 Å². The highest BCUT2D eigenvalue weighted by atomic mass is 32.1. The van der Waals surface area contributed by atoms with Crippen LogP contribution in [0, 0.1) is 0 Å². The molecule has 0 radical (unpaired) electrons. The molecule has 1 amide bonds. The second-order valence-corrected chi connectivity index (χ2v) is 6.60. The van der Waals surface area contributed by atoms with E-state index in [0.29, 0.717) is 11.3 Å². The molecule has 1 aliphatic rings. The molecule has 1 atom stereocenters. The van der Waals surface area contributed by atoms with E-state index in [1.165, 1.54) is 17.8 Å². The molecule has 1 unspecified atom stereocenters. The summed E-state index contributed by atoms with van der Waals surface area (Å²) in [6, 6.07) is 2.58. The summed E-state index contributed by atoms with van der Waals surface area (Å²) in [5.74, 6) is -1.22. The highest BCUT2D eigenvalue weighted by Crippen LogP contribution is 2.31. The van der Waals surface area contributed by atoms with Gasteiger partial charge >= 0.3 is 5.97 Å². The third-order valence-corrected chi connectivity index (χ3v) is 5.16. The van der Waals surface area contributed by atoms with Gasteiger partial charge in [-0.25, -0.2) is 4.79 Å². The molecule has 21 heavy (non-hydrogen) atoms. The Morgan fingerprint density at radius 3 is 2.62 bits per heavy atom. The van der Waals surface area contributed by atoms with Crippen LogP contribution in [0.15, 0.2) is 17.5 Å². The molecule has 0 aliphatic heterocycles. The van der Waals surface area contributed by atoms with Crippen molar-refractivity contribution < 1.29 is 14.7 Å². The Kier molecular flexibility index (Phi) is 5.36. The highest BCUT2D eigenvalue weighted by Gasteiger charge is 2.34. The molecule has 6 heteroatoms. The van der Waals surface area contributed by atoms with Crippen molar-refractivity contribution in [2.75, 3.05) is 7.05 Å². The van der Waals surface area contributed by atoms with Crippen molar-refractivity contribution in [3.8, 4) is 0 Å². The summed E-state index contributed by atoms with van der Waals surface area (Å²) >= 11 is 1.34. The van der Waals surface area contributed by atoms with E-state index in [2.05, 4.69) is 10.6 Å². The first-order valence-electron chi connectivity index (χ1n) is 7.31. The van der Waals surface area contributed by atoms with Crippen molar-refractivity contribution >= 4 is 23.2 Å². The van der Waals surface area contributed by atoms with Gasteiger partial charge < -0.3 is 15.7 Å². The van der Waals surface area contributed by atoms with Crippen molar-refractivity contribution in [3.63, 3.8) is 0 Å². The molecule has 1 aromatic heterocycles. The lowest BCUT2D eigenvalue weighted by atomic mass is 9.79. The summed E-state index contributed by atoms with van der Waals surface area (Å²) in [5.41, 5.74) is -0.180. The summed E-state index contributed by atoms with van der Waals surface area (Å²) in [7, 11) is 1.88. The number of amides is 1. The number of carboxylic acid groups (broad SMARTS) is 1. The van der Waals surface area contributed by atoms with Gasteiger partial charge in [0.1, 0.15) is 0 Å². The van der Waals surface area contributed by atoms with Crippen LogP contribution in [0.25, 0.3) is 0 Å². The third-order valence-electron chi connectivity index (χ3n) is 4.22. The molecule has 1 heterocycles. The molecule has 1 aromatic rings. The number of aliphatic carboxylic acids is 1. The number of nitrogens with one attached hydrogen (secondary N) is 2. The number of hydrogen-bond acceptors (Lipinski definition) is 4. The van der Waals surface area contributed by atoms with E-state index in [1.54, 1.807) is 12.1 Å². The molecule has 0 spiro atoms. The normalized spacial score (nSPS) is 18.9. The fraction of sp³-hybridized carbons (Fsp3) is 0.600. The molecule has 5 nitrogen and oxygen atoms in total. The first-order chi connectivity index (χ1) is 10.1. The van der Waals surface area contributed by atoms with Crippen LogP contribution in [0.3, 0.4) is 0 Å². The monoisotopic (exact) mass is 310 g/mol. The first kappa shape index (κ1) is 16.0. The van der Waals surface area contributed by atoms with Crippen LogP contribution >= 0.6 is 11.3 Å². The standard InChI is InChI=1S/C15H22N2O3S/c1-16-15(7-3-2-4-8-15)10-12(18)17-13(14(19)20)11-6-5-9-21-11/h5-6,9,13,16H,2-4,7-8,10H2,1H3,(H,17,18)(H,19,20). The maximum absolute atomic E-state index is 12.3. The molecular formula is C15H22N2O3S. The number of hydrogen-bond donors (Lipinski definition) is 3. The summed E-state index contributed by atoms with van der Waals surface area (Å²) in [4.78, 5) is 24.3. The topological polar surface area (TPSA) is 78.4 Å². The molecule has 116 valence electrons. The molecule has 0 bridgehead atoms. The predicted molar refractivity (Wildman–Crippen MR) is 82.3 cm³/mol. The maximum atomic E-state index is 12.3. The molecule has 0 aromatic carbocycles. The van der Waals surface area contributed by atoms with Crippen LogP contribution in [-0.4, -0.2) is 29.6 Å². The molecule has 2 rings (SSSR count). The summed E-state index contributed by atoms with van der Waals surface area (Å²) in [6.45, 7) is 0. The largest absolute Gasteiger partial charge is 0.479 e. The molecule has 0 saturated heterocycles. The van der Waals surface area contributed by atoms with Gasteiger partial charge in [-0.3, -0.25) is 4.79 Å². The van der Waals surface area contributed by atoms with Crippen LogP contribution in [0.1, 0.15) is 49.4 Å². The van der Waals surface area contributed by atoms with Crippen molar-refractivity contribution in [3.05, 3.63) is 22.4 Å². The number of carbonyl (C=O) groups is 2. The SMILES string of the molecule is CNC1(CC(=O)NC(C(=O)O)c2cccs2)CCCCC1. The number of thiophene rings is 1. The van der Waals surface area contributed by atoms with Crippen LogP contribution in [0.5, 0.6) is 0 Å². The van der Waals surface area contributed by atoms with Crippen LogP contribution in [0.2, 0.25) is 0 Å². The Hall–Kier alpha value is -1.40. The van der Waals surface area contributed by atoms with E-state index in [9.17, 15) is 14.7 Å². The third kappa shape index (κ3) is 4.04. The lowest BCUT2D eigenvalue weighted by molar-refractivity contribution is -0.142. The molecular weight excluding hydrogens is 288 g/mol. The van der Waals surface area contributed by atoms with Crippen LogP contribution in [-0.2, 0) is 9.59 Å². The lowest BCUT2D eigenvalue weighted by Crippen LogP contribution is -2.49. The Morgan fingerprint density at radius 1 is 1.38 bits per heavy atom. The second-order valence-electron chi connectivity index (χ2n) is 5.62. The zero-order valence-corrected chi connectivity index (χ0v) is 13.0. The van der Waals surface area contributed by atoms with Gasteiger partial charge in [0.05, 0.1) is 0 Å². The molecule has 1 saturated carbocycles. The van der Waals surface area contributed by atoms with Crippen LogP contribution < -0.4 is 10.6 Å². The number of rotatable bonds is 6. The number of carboxylic acids is 1. The van der Waals surface area contributed by atoms with Gasteiger partial charge in [0.25, 0.3) is 0 Å². The fourth-order valence-electron chi connectivity index (χ4n) is 2.97. The zero-order chi connectivity index (χ0) is 15.3. The van der Waals surface area contributed by atoms with Gasteiger partial charge in [-0.1, -0.05) is 25.3 Å². The van der Waals surface area contributed by atoms with Crippen molar-refractivity contribution in [1.29, 1.82) is 0 Å². The minimum absolute atomic E-state index is 0.180. The van der Waals surface area contributed by atoms with Gasteiger partial charge in [-0.2, -0.15) is 0 Å². The zero-order valence-electron chi connectivity index (χ0n) is 12.2. The summed E-state index contributed by atoms with van der Waals surface area (Å²) in [6.07, 6.45) is 5.70. The maximum Gasteiger partial charge on any atom is 0.331 e. The van der Waals surface area contributed by atoms with Crippen molar-refractivity contribution in [2.45, 2.75) is 50.1 Å². The average molecular weight is 310 g/mol. The Morgan fingerprint density at radius 2 is 2.10 bits per heavy atom. The van der Waals surface area contributed by atoms with Gasteiger partial charge in [-0.05, 0) is 31.3 Å². The van der Waals surface area contributed by atoms with Crippen LogP contribution in [0.4, 0.5) is 0 Å². The Labute approximate surface area is 128 Å². The van der Waals surface area contributed by atoms with E-state index in [0.717, 1.165) is 25.7 Å². The van der Waals surface area contributed by atoms with Gasteiger partial charge in [-0.15, -0.1) is 11.3 Å². The quantitative estimate of drug-likeness (QED) is 0.753. The minimum atomic E-state index is -1.02. The smallest absolute Gasteiger partial charge is 0.331 e. The molecule has 3 N–H and O–H groups in total. The fourth-order valence-corrected chi connectivity index (χ4v) is 3.74. The Bertz CT molecular complexity index is 481. The lowest BCUT2D eigenvalue weighted by Gasteiger charge is -2.36. The van der Waals surface area contributed by atoms with Gasteiger partial charge in [0.15, 0.2) is 6.04 Å². The second kappa shape index (κ2) is 7.04. The van der Waals surface area contributed by atoms with Crippen molar-refractivity contribution in [2.24, 2.45) is 0 Å². The summed E-state index contributed by atoms with van der Waals surface area (Å²) in [5, 5.41) is 17.0. The van der Waals surface area contributed by atoms with E-state index < -0.39 is 12.0 Å². The average Bonchev–Trinajstić information content (AvgIpc) is 2.99.